The maximum atomic E-state index is 13.6. The number of nitrogens with zero attached hydrogens (tertiary/aromatic N) is 1. The lowest BCUT2D eigenvalue weighted by atomic mass is 10.1. The Bertz CT molecular complexity index is 1340. The monoisotopic (exact) mass is 514 g/mol. The second-order valence-electron chi connectivity index (χ2n) is 8.43. The minimum absolute atomic E-state index is 0.0489. The first-order chi connectivity index (χ1) is 16.6. The first kappa shape index (κ1) is 24.9. The van der Waals surface area contributed by atoms with Crippen LogP contribution in [-0.2, 0) is 14.8 Å². The van der Waals surface area contributed by atoms with Gasteiger partial charge in [-0.25, -0.2) is 8.42 Å². The zero-order chi connectivity index (χ0) is 25.2. The molecule has 1 amide bonds. The number of hydrogen-bond acceptors (Lipinski definition) is 5. The molecule has 1 N–H and O–H groups in total. The van der Waals surface area contributed by atoms with Crippen molar-refractivity contribution in [1.82, 2.24) is 5.32 Å². The minimum atomic E-state index is -4.03. The Balaban J connectivity index is 1.59. The molecule has 0 saturated heterocycles. The summed E-state index contributed by atoms with van der Waals surface area (Å²) in [5, 5.41) is 3.32. The standard InChI is InChI=1S/C26H27ClN2O5S/c1-17-4-8-22(14-18(17)2)29(35(31,32)23-9-6-21(27)7-10-23)16-26(30)28-19(3)20-5-11-24-25(15-20)34-13-12-33-24/h4-11,14-15,19H,12-13,16H2,1-3H3,(H,28,30)/t19-/m1/s1. The topological polar surface area (TPSA) is 84.9 Å². The van der Waals surface area contributed by atoms with Crippen LogP contribution in [0.1, 0.15) is 29.7 Å². The van der Waals surface area contributed by atoms with Crippen LogP contribution in [0.15, 0.2) is 65.6 Å². The Morgan fingerprint density at radius 3 is 2.34 bits per heavy atom. The van der Waals surface area contributed by atoms with Crippen molar-refractivity contribution in [2.24, 2.45) is 0 Å². The maximum absolute atomic E-state index is 13.6. The molecule has 1 aliphatic heterocycles. The molecule has 1 atom stereocenters. The summed E-state index contributed by atoms with van der Waals surface area (Å²) in [5.74, 6) is 0.841. The summed E-state index contributed by atoms with van der Waals surface area (Å²) in [6.07, 6.45) is 0. The van der Waals surface area contributed by atoms with Crippen molar-refractivity contribution in [3.63, 3.8) is 0 Å². The number of halogens is 1. The summed E-state index contributed by atoms with van der Waals surface area (Å²) in [5.41, 5.74) is 3.17. The van der Waals surface area contributed by atoms with E-state index < -0.39 is 15.9 Å². The molecule has 7 nitrogen and oxygen atoms in total. The third kappa shape index (κ3) is 5.55. The maximum Gasteiger partial charge on any atom is 0.264 e. The average molecular weight is 515 g/mol. The van der Waals surface area contributed by atoms with Crippen LogP contribution in [0.2, 0.25) is 5.02 Å². The molecule has 9 heteroatoms. The highest BCUT2D eigenvalue weighted by Crippen LogP contribution is 2.33. The fourth-order valence-corrected chi connectivity index (χ4v) is 5.30. The van der Waals surface area contributed by atoms with Gasteiger partial charge in [-0.05, 0) is 86.0 Å². The summed E-state index contributed by atoms with van der Waals surface area (Å²) < 4.78 is 39.4. The fourth-order valence-electron chi connectivity index (χ4n) is 3.76. The molecule has 0 aromatic heterocycles. The predicted octanol–water partition coefficient (Wildman–Crippen LogP) is 4.80. The second kappa shape index (κ2) is 10.2. The molecule has 0 unspecified atom stereocenters. The minimum Gasteiger partial charge on any atom is -0.486 e. The van der Waals surface area contributed by atoms with E-state index in [9.17, 15) is 13.2 Å². The van der Waals surface area contributed by atoms with Crippen LogP contribution in [0.25, 0.3) is 0 Å². The third-order valence-electron chi connectivity index (χ3n) is 5.91. The van der Waals surface area contributed by atoms with Gasteiger partial charge in [-0.1, -0.05) is 23.7 Å². The van der Waals surface area contributed by atoms with Crippen molar-refractivity contribution in [3.8, 4) is 11.5 Å². The Hall–Kier alpha value is -3.23. The fraction of sp³-hybridized carbons (Fsp3) is 0.269. The van der Waals surface area contributed by atoms with Crippen LogP contribution in [0, 0.1) is 13.8 Å². The van der Waals surface area contributed by atoms with Gasteiger partial charge in [0.05, 0.1) is 16.6 Å². The molecule has 1 heterocycles. The van der Waals surface area contributed by atoms with Crippen molar-refractivity contribution >= 4 is 33.2 Å². The van der Waals surface area contributed by atoms with Crippen LogP contribution in [0.3, 0.4) is 0 Å². The van der Waals surface area contributed by atoms with Gasteiger partial charge in [-0.2, -0.15) is 0 Å². The van der Waals surface area contributed by atoms with Gasteiger partial charge < -0.3 is 14.8 Å². The number of carbonyl (C=O) groups is 1. The number of rotatable bonds is 7. The largest absolute Gasteiger partial charge is 0.486 e. The number of nitrogens with one attached hydrogen (secondary N) is 1. The number of benzene rings is 3. The normalized spacial score (nSPS) is 13.7. The van der Waals surface area contributed by atoms with Crippen molar-refractivity contribution in [2.45, 2.75) is 31.7 Å². The number of carbonyl (C=O) groups excluding carboxylic acids is 1. The van der Waals surface area contributed by atoms with Crippen LogP contribution in [0.4, 0.5) is 5.69 Å². The lowest BCUT2D eigenvalue weighted by Crippen LogP contribution is -2.41. The lowest BCUT2D eigenvalue weighted by molar-refractivity contribution is -0.120. The molecule has 35 heavy (non-hydrogen) atoms. The van der Waals surface area contributed by atoms with Gasteiger partial charge in [-0.15, -0.1) is 0 Å². The smallest absolute Gasteiger partial charge is 0.264 e. The van der Waals surface area contributed by atoms with Crippen LogP contribution < -0.4 is 19.1 Å². The van der Waals surface area contributed by atoms with E-state index in [1.165, 1.54) is 24.3 Å². The molecule has 3 aromatic rings. The van der Waals surface area contributed by atoms with E-state index in [2.05, 4.69) is 5.32 Å². The average Bonchev–Trinajstić information content (AvgIpc) is 2.84. The molecule has 184 valence electrons. The SMILES string of the molecule is Cc1ccc(N(CC(=O)N[C@H](C)c2ccc3c(c2)OCCO3)S(=O)(=O)c2ccc(Cl)cc2)cc1C. The molecule has 3 aromatic carbocycles. The summed E-state index contributed by atoms with van der Waals surface area (Å²) in [6, 6.07) is 16.3. The number of aryl methyl sites for hydroxylation is 2. The molecule has 1 aliphatic rings. The molecule has 0 fully saturated rings. The summed E-state index contributed by atoms with van der Waals surface area (Å²) in [4.78, 5) is 13.1. The van der Waals surface area contributed by atoms with E-state index in [4.69, 9.17) is 21.1 Å². The molecule has 0 bridgehead atoms. The van der Waals surface area contributed by atoms with Gasteiger partial charge in [0.15, 0.2) is 11.5 Å². The van der Waals surface area contributed by atoms with Gasteiger partial charge >= 0.3 is 0 Å². The highest BCUT2D eigenvalue weighted by Gasteiger charge is 2.28. The van der Waals surface area contributed by atoms with Gasteiger partial charge in [0.1, 0.15) is 19.8 Å². The van der Waals surface area contributed by atoms with Gasteiger partial charge in [0, 0.05) is 5.02 Å². The molecular formula is C26H27ClN2O5S. The van der Waals surface area contributed by atoms with Crippen molar-refractivity contribution in [2.75, 3.05) is 24.1 Å². The number of ether oxygens (including phenoxy) is 2. The molecule has 4 rings (SSSR count). The highest BCUT2D eigenvalue weighted by atomic mass is 35.5. The first-order valence-electron chi connectivity index (χ1n) is 11.2. The van der Waals surface area contributed by atoms with Crippen molar-refractivity contribution < 1.29 is 22.7 Å². The molecule has 0 saturated carbocycles. The van der Waals surface area contributed by atoms with E-state index in [0.29, 0.717) is 35.4 Å². The van der Waals surface area contributed by atoms with E-state index in [1.54, 1.807) is 18.2 Å². The first-order valence-corrected chi connectivity index (χ1v) is 13.0. The molecule has 0 aliphatic carbocycles. The van der Waals surface area contributed by atoms with E-state index in [1.807, 2.05) is 39.0 Å². The molecule has 0 radical (unpaired) electrons. The number of amides is 1. The van der Waals surface area contributed by atoms with Crippen LogP contribution in [-0.4, -0.2) is 34.1 Å². The molecular weight excluding hydrogens is 488 g/mol. The number of hydrogen-bond donors (Lipinski definition) is 1. The van der Waals surface area contributed by atoms with Gasteiger partial charge in [-0.3, -0.25) is 9.10 Å². The summed E-state index contributed by atoms with van der Waals surface area (Å²) >= 11 is 5.95. The van der Waals surface area contributed by atoms with E-state index >= 15 is 0 Å². The Kier molecular flexibility index (Phi) is 7.23. The van der Waals surface area contributed by atoms with Crippen LogP contribution in [0.5, 0.6) is 11.5 Å². The third-order valence-corrected chi connectivity index (χ3v) is 7.95. The highest BCUT2D eigenvalue weighted by molar-refractivity contribution is 7.92. The Morgan fingerprint density at radius 2 is 1.66 bits per heavy atom. The van der Waals surface area contributed by atoms with Gasteiger partial charge in [0.2, 0.25) is 5.91 Å². The number of sulfonamides is 1. The predicted molar refractivity (Wildman–Crippen MR) is 136 cm³/mol. The zero-order valence-corrected chi connectivity index (χ0v) is 21.3. The summed E-state index contributed by atoms with van der Waals surface area (Å²) in [6.45, 7) is 6.24. The van der Waals surface area contributed by atoms with E-state index in [-0.39, 0.29) is 17.5 Å². The number of anilines is 1. The number of fused-ring (bicyclic) bond motifs is 1. The van der Waals surface area contributed by atoms with Crippen molar-refractivity contribution in [3.05, 3.63) is 82.4 Å². The van der Waals surface area contributed by atoms with Crippen molar-refractivity contribution in [1.29, 1.82) is 0 Å². The lowest BCUT2D eigenvalue weighted by Gasteiger charge is -2.26. The Morgan fingerprint density at radius 1 is 0.971 bits per heavy atom. The van der Waals surface area contributed by atoms with Crippen LogP contribution >= 0.6 is 11.6 Å². The second-order valence-corrected chi connectivity index (χ2v) is 10.7. The molecule has 0 spiro atoms. The van der Waals surface area contributed by atoms with Gasteiger partial charge in [0.25, 0.3) is 10.0 Å². The Labute approximate surface area is 210 Å². The zero-order valence-electron chi connectivity index (χ0n) is 19.7. The summed E-state index contributed by atoms with van der Waals surface area (Å²) in [7, 11) is -4.03. The quantitative estimate of drug-likeness (QED) is 0.489. The van der Waals surface area contributed by atoms with E-state index in [0.717, 1.165) is 21.0 Å².